The van der Waals surface area contributed by atoms with Crippen LogP contribution in [0.1, 0.15) is 102 Å². The standard InChI is InChI=1S/C23H37ClN3/c1-14(2)17-12-27(13-18(24)20(17)22(6,7)8)23(9,10)19-16(5)26(11)25-21(19)15(3)4/h12-15H,1-11H3/q+1. The Morgan fingerprint density at radius 2 is 1.52 bits per heavy atom. The van der Waals surface area contributed by atoms with Gasteiger partial charge in [-0.1, -0.05) is 60.1 Å². The molecule has 0 bridgehead atoms. The zero-order valence-corrected chi connectivity index (χ0v) is 19.8. The van der Waals surface area contributed by atoms with Gasteiger partial charge in [-0.3, -0.25) is 4.68 Å². The third-order valence-corrected chi connectivity index (χ3v) is 5.88. The van der Waals surface area contributed by atoms with E-state index in [9.17, 15) is 0 Å². The van der Waals surface area contributed by atoms with Crippen LogP contribution in [-0.4, -0.2) is 9.78 Å². The Balaban J connectivity index is 2.79. The van der Waals surface area contributed by atoms with Crippen molar-refractivity contribution in [3.63, 3.8) is 0 Å². The van der Waals surface area contributed by atoms with E-state index < -0.39 is 0 Å². The number of nitrogens with zero attached hydrogens (tertiary/aromatic N) is 3. The number of aryl methyl sites for hydroxylation is 1. The van der Waals surface area contributed by atoms with E-state index in [1.807, 2.05) is 11.7 Å². The molecule has 0 aliphatic heterocycles. The minimum Gasteiger partial charge on any atom is -0.272 e. The molecule has 0 N–H and O–H groups in total. The lowest BCUT2D eigenvalue weighted by atomic mass is 9.81. The van der Waals surface area contributed by atoms with Crippen molar-refractivity contribution in [1.29, 1.82) is 0 Å². The van der Waals surface area contributed by atoms with E-state index in [1.165, 1.54) is 22.4 Å². The summed E-state index contributed by atoms with van der Waals surface area (Å²) in [4.78, 5) is 0. The highest BCUT2D eigenvalue weighted by molar-refractivity contribution is 6.31. The first kappa shape index (κ1) is 21.9. The molecule has 0 aromatic carbocycles. The third-order valence-electron chi connectivity index (χ3n) is 5.60. The summed E-state index contributed by atoms with van der Waals surface area (Å²) in [7, 11) is 2.03. The van der Waals surface area contributed by atoms with Crippen molar-refractivity contribution in [2.75, 3.05) is 0 Å². The first-order valence-corrected chi connectivity index (χ1v) is 10.4. The van der Waals surface area contributed by atoms with Crippen molar-refractivity contribution < 1.29 is 4.57 Å². The van der Waals surface area contributed by atoms with E-state index in [-0.39, 0.29) is 11.0 Å². The Morgan fingerprint density at radius 3 is 1.96 bits per heavy atom. The van der Waals surface area contributed by atoms with Gasteiger partial charge in [0.2, 0.25) is 0 Å². The number of halogens is 1. The molecule has 4 heteroatoms. The summed E-state index contributed by atoms with van der Waals surface area (Å²) < 4.78 is 4.29. The smallest absolute Gasteiger partial charge is 0.191 e. The van der Waals surface area contributed by atoms with E-state index in [0.29, 0.717) is 11.8 Å². The lowest BCUT2D eigenvalue weighted by molar-refractivity contribution is -0.747. The lowest BCUT2D eigenvalue weighted by Crippen LogP contribution is -2.54. The Labute approximate surface area is 170 Å². The van der Waals surface area contributed by atoms with E-state index >= 15 is 0 Å². The largest absolute Gasteiger partial charge is 0.272 e. The summed E-state index contributed by atoms with van der Waals surface area (Å²) >= 11 is 6.86. The van der Waals surface area contributed by atoms with E-state index in [2.05, 4.69) is 86.2 Å². The van der Waals surface area contributed by atoms with Crippen molar-refractivity contribution in [1.82, 2.24) is 9.78 Å². The van der Waals surface area contributed by atoms with Gasteiger partial charge in [-0.25, -0.2) is 0 Å². The summed E-state index contributed by atoms with van der Waals surface area (Å²) in [6, 6.07) is 0. The number of hydrogen-bond acceptors (Lipinski definition) is 1. The van der Waals surface area contributed by atoms with Crippen LogP contribution in [0, 0.1) is 6.92 Å². The maximum Gasteiger partial charge on any atom is 0.191 e. The van der Waals surface area contributed by atoms with Crippen LogP contribution in [0.5, 0.6) is 0 Å². The van der Waals surface area contributed by atoms with Gasteiger partial charge in [0.05, 0.1) is 11.3 Å². The van der Waals surface area contributed by atoms with Gasteiger partial charge in [-0.2, -0.15) is 9.67 Å². The van der Waals surface area contributed by atoms with Gasteiger partial charge in [0.25, 0.3) is 0 Å². The zero-order chi connectivity index (χ0) is 20.9. The molecule has 0 fully saturated rings. The fourth-order valence-corrected chi connectivity index (χ4v) is 4.55. The molecule has 2 aromatic heterocycles. The van der Waals surface area contributed by atoms with Crippen molar-refractivity contribution in [3.8, 4) is 0 Å². The maximum absolute atomic E-state index is 6.86. The van der Waals surface area contributed by atoms with Gasteiger partial charge in [0, 0.05) is 32.2 Å². The second-order valence-electron chi connectivity index (χ2n) is 9.93. The average Bonchev–Trinajstić information content (AvgIpc) is 2.81. The summed E-state index contributed by atoms with van der Waals surface area (Å²) in [5, 5.41) is 5.65. The molecule has 0 aliphatic rings. The summed E-state index contributed by atoms with van der Waals surface area (Å²) in [5.41, 5.74) is 5.98. The van der Waals surface area contributed by atoms with Crippen LogP contribution in [0.15, 0.2) is 12.4 Å². The average molecular weight is 391 g/mol. The molecule has 3 nitrogen and oxygen atoms in total. The Bertz CT molecular complexity index is 836. The lowest BCUT2D eigenvalue weighted by Gasteiger charge is -2.28. The van der Waals surface area contributed by atoms with Crippen LogP contribution in [0.4, 0.5) is 0 Å². The van der Waals surface area contributed by atoms with Gasteiger partial charge in [0.15, 0.2) is 17.9 Å². The van der Waals surface area contributed by atoms with Gasteiger partial charge >= 0.3 is 0 Å². The number of rotatable bonds is 4. The van der Waals surface area contributed by atoms with Crippen LogP contribution < -0.4 is 4.57 Å². The van der Waals surface area contributed by atoms with Gasteiger partial charge < -0.3 is 0 Å². The molecule has 0 saturated heterocycles. The molecule has 0 radical (unpaired) electrons. The third kappa shape index (κ3) is 3.94. The van der Waals surface area contributed by atoms with Gasteiger partial charge in [-0.15, -0.1) is 0 Å². The summed E-state index contributed by atoms with van der Waals surface area (Å²) in [6.45, 7) is 22.3. The van der Waals surface area contributed by atoms with E-state index in [1.54, 1.807) is 0 Å². The van der Waals surface area contributed by atoms with E-state index in [0.717, 1.165) is 10.7 Å². The fraction of sp³-hybridized carbons (Fsp3) is 0.652. The molecule has 0 atom stereocenters. The maximum atomic E-state index is 6.86. The Hall–Kier alpha value is -1.35. The molecule has 0 aliphatic carbocycles. The first-order valence-electron chi connectivity index (χ1n) is 9.99. The molecule has 0 spiro atoms. The highest BCUT2D eigenvalue weighted by Gasteiger charge is 2.40. The molecule has 27 heavy (non-hydrogen) atoms. The molecular weight excluding hydrogens is 354 g/mol. The van der Waals surface area contributed by atoms with Crippen molar-refractivity contribution in [2.24, 2.45) is 7.05 Å². The highest BCUT2D eigenvalue weighted by Crippen LogP contribution is 2.37. The number of pyridine rings is 1. The minimum absolute atomic E-state index is 0.00717. The van der Waals surface area contributed by atoms with Crippen molar-refractivity contribution in [3.05, 3.63) is 45.5 Å². The van der Waals surface area contributed by atoms with Crippen molar-refractivity contribution >= 4 is 11.6 Å². The van der Waals surface area contributed by atoms with Crippen LogP contribution in [0.25, 0.3) is 0 Å². The van der Waals surface area contributed by atoms with Crippen LogP contribution >= 0.6 is 11.6 Å². The predicted octanol–water partition coefficient (Wildman–Crippen LogP) is 6.00. The quantitative estimate of drug-likeness (QED) is 0.587. The van der Waals surface area contributed by atoms with Crippen LogP contribution in [-0.2, 0) is 18.0 Å². The highest BCUT2D eigenvalue weighted by atomic mass is 35.5. The Kier molecular flexibility index (Phi) is 5.88. The molecule has 0 saturated carbocycles. The SMILES string of the molecule is Cc1c(C(C)(C)[n+]2cc(Cl)c(C(C)(C)C)c(C(C)C)c2)c(C(C)C)nn1C. The number of aromatic nitrogens is 3. The Morgan fingerprint density at radius 1 is 0.963 bits per heavy atom. The first-order chi connectivity index (χ1) is 12.2. The molecule has 0 amide bonds. The summed E-state index contributed by atoms with van der Waals surface area (Å²) in [6.07, 6.45) is 4.40. The van der Waals surface area contributed by atoms with E-state index in [4.69, 9.17) is 16.7 Å². The molecule has 0 unspecified atom stereocenters. The summed E-state index contributed by atoms with van der Waals surface area (Å²) in [5.74, 6) is 0.771. The molecule has 2 heterocycles. The van der Waals surface area contributed by atoms with Crippen molar-refractivity contribution in [2.45, 2.75) is 92.0 Å². The molecule has 2 aromatic rings. The van der Waals surface area contributed by atoms with Crippen LogP contribution in [0.3, 0.4) is 0 Å². The topological polar surface area (TPSA) is 21.7 Å². The minimum atomic E-state index is -0.248. The second kappa shape index (κ2) is 7.24. The van der Waals surface area contributed by atoms with Crippen LogP contribution in [0.2, 0.25) is 5.02 Å². The van der Waals surface area contributed by atoms with Gasteiger partial charge in [-0.05, 0) is 29.7 Å². The van der Waals surface area contributed by atoms with Gasteiger partial charge in [0.1, 0.15) is 5.02 Å². The fourth-order valence-electron chi connectivity index (χ4n) is 4.05. The predicted molar refractivity (Wildman–Crippen MR) is 115 cm³/mol. The normalized spacial score (nSPS) is 13.1. The molecule has 150 valence electrons. The molecular formula is C23H37ClN3+. The second-order valence-corrected chi connectivity index (χ2v) is 10.3. The zero-order valence-electron chi connectivity index (χ0n) is 19.0. The monoisotopic (exact) mass is 390 g/mol. The number of hydrogen-bond donors (Lipinski definition) is 0. The molecule has 2 rings (SSSR count).